The fourth-order valence-electron chi connectivity index (χ4n) is 3.81. The average molecular weight is 519 g/mol. The summed E-state index contributed by atoms with van der Waals surface area (Å²) in [6.07, 6.45) is 7.72. The summed E-state index contributed by atoms with van der Waals surface area (Å²) in [5.74, 6) is 0.503. The van der Waals surface area contributed by atoms with Crippen molar-refractivity contribution >= 4 is 28.5 Å². The number of aromatic nitrogens is 5. The zero-order valence-electron chi connectivity index (χ0n) is 21.1. The summed E-state index contributed by atoms with van der Waals surface area (Å²) in [5.41, 5.74) is 1.16. The number of hydrogen-bond donors (Lipinski definition) is 1. The lowest BCUT2D eigenvalue weighted by atomic mass is 10.2. The van der Waals surface area contributed by atoms with E-state index in [1.165, 1.54) is 11.5 Å². The molecule has 0 radical (unpaired) electrons. The van der Waals surface area contributed by atoms with E-state index in [4.69, 9.17) is 23.9 Å². The number of nitrogens with one attached hydrogen (secondary N) is 1. The van der Waals surface area contributed by atoms with Gasteiger partial charge in [0, 0.05) is 19.8 Å². The van der Waals surface area contributed by atoms with Crippen molar-refractivity contribution in [1.29, 1.82) is 0 Å². The number of unbranched alkanes of at least 4 members (excludes halogenated alkanes) is 1. The van der Waals surface area contributed by atoms with E-state index >= 15 is 0 Å². The van der Waals surface area contributed by atoms with Crippen LogP contribution in [0.1, 0.15) is 59.1 Å². The highest BCUT2D eigenvalue weighted by Crippen LogP contribution is 2.33. The van der Waals surface area contributed by atoms with Crippen molar-refractivity contribution in [3.05, 3.63) is 18.5 Å². The number of nitrogens with zero attached hydrogens (tertiary/aromatic N) is 5. The lowest BCUT2D eigenvalue weighted by Gasteiger charge is -2.23. The van der Waals surface area contributed by atoms with Gasteiger partial charge in [0.1, 0.15) is 12.2 Å². The maximum absolute atomic E-state index is 11.6. The van der Waals surface area contributed by atoms with Gasteiger partial charge in [-0.05, 0) is 70.5 Å². The van der Waals surface area contributed by atoms with Crippen LogP contribution in [0.2, 0.25) is 0 Å². The maximum atomic E-state index is 11.6. The second kappa shape index (κ2) is 12.4. The monoisotopic (exact) mass is 518 g/mol. The lowest BCUT2D eigenvalue weighted by molar-refractivity contribution is -0.0366. The average Bonchev–Trinajstić information content (AvgIpc) is 3.53. The molecule has 36 heavy (non-hydrogen) atoms. The Kier molecular flexibility index (Phi) is 9.05. The van der Waals surface area contributed by atoms with E-state index in [1.807, 2.05) is 31.5 Å². The van der Waals surface area contributed by atoms with Gasteiger partial charge < -0.3 is 24.3 Å². The quantitative estimate of drug-likeness (QED) is 0.369. The van der Waals surface area contributed by atoms with E-state index in [0.717, 1.165) is 60.2 Å². The van der Waals surface area contributed by atoms with Crippen LogP contribution in [0.4, 0.5) is 4.79 Å². The van der Waals surface area contributed by atoms with E-state index in [1.54, 1.807) is 12.4 Å². The van der Waals surface area contributed by atoms with Gasteiger partial charge in [-0.2, -0.15) is 5.10 Å². The first-order chi connectivity index (χ1) is 17.4. The zero-order valence-corrected chi connectivity index (χ0v) is 21.9. The number of fused-ring (bicyclic) bond motifs is 1. The molecular formula is C24H34N6O5S. The van der Waals surface area contributed by atoms with Crippen molar-refractivity contribution in [3.8, 4) is 16.5 Å². The van der Waals surface area contributed by atoms with E-state index in [2.05, 4.69) is 20.0 Å². The summed E-state index contributed by atoms with van der Waals surface area (Å²) in [5, 5.41) is 12.1. The van der Waals surface area contributed by atoms with E-state index < -0.39 is 11.7 Å². The normalized spacial score (nSPS) is 16.2. The van der Waals surface area contributed by atoms with Crippen LogP contribution in [-0.4, -0.2) is 69.0 Å². The maximum Gasteiger partial charge on any atom is 0.407 e. The lowest BCUT2D eigenvalue weighted by Crippen LogP contribution is -2.33. The minimum Gasteiger partial charge on any atom is -0.475 e. The molecule has 1 amide bonds. The van der Waals surface area contributed by atoms with Gasteiger partial charge in [-0.3, -0.25) is 0 Å². The summed E-state index contributed by atoms with van der Waals surface area (Å²) in [6, 6.07) is 1.99. The highest BCUT2D eigenvalue weighted by Gasteiger charge is 2.22. The van der Waals surface area contributed by atoms with Crippen molar-refractivity contribution in [2.45, 2.75) is 64.7 Å². The molecule has 0 aliphatic carbocycles. The number of rotatable bonds is 11. The smallest absolute Gasteiger partial charge is 0.407 e. The summed E-state index contributed by atoms with van der Waals surface area (Å²) < 4.78 is 28.8. The molecule has 1 fully saturated rings. The predicted molar refractivity (Wildman–Crippen MR) is 135 cm³/mol. The number of amides is 1. The number of hydrogen-bond acceptors (Lipinski definition) is 10. The Morgan fingerprint density at radius 2 is 2.11 bits per heavy atom. The Balaban J connectivity index is 1.28. The van der Waals surface area contributed by atoms with Crippen molar-refractivity contribution < 1.29 is 23.7 Å². The molecule has 1 atom stereocenters. The highest BCUT2D eigenvalue weighted by molar-refractivity contribution is 7.09. The van der Waals surface area contributed by atoms with Crippen LogP contribution >= 0.6 is 11.5 Å². The van der Waals surface area contributed by atoms with Gasteiger partial charge in [0.15, 0.2) is 6.23 Å². The fourth-order valence-corrected chi connectivity index (χ4v) is 4.28. The highest BCUT2D eigenvalue weighted by atomic mass is 32.1. The molecule has 3 aromatic rings. The van der Waals surface area contributed by atoms with Crippen LogP contribution in [-0.2, 0) is 14.2 Å². The van der Waals surface area contributed by atoms with Crippen LogP contribution < -0.4 is 10.1 Å². The molecule has 1 saturated heterocycles. The van der Waals surface area contributed by atoms with Gasteiger partial charge in [-0.15, -0.1) is 5.10 Å². The van der Waals surface area contributed by atoms with Gasteiger partial charge in [0.25, 0.3) is 0 Å². The molecule has 12 heteroatoms. The standard InChI is InChI=1S/C24H34N6O5S/c1-24(2,3)35-23(31)25-9-5-7-10-32-12-13-34-22-17-15-27-30(21-8-4-6-11-33-21)19(17)14-18(28-22)20-16-26-29-36-20/h14-16,21H,4-13H2,1-3H3,(H,25,31). The molecule has 196 valence electrons. The predicted octanol–water partition coefficient (Wildman–Crippen LogP) is 4.35. The SMILES string of the molecule is CC(C)(C)OC(=O)NCCCCOCCOc1nc(-c2cnns2)cc2c1cnn2C1CCCCO1. The Labute approximate surface area is 214 Å². The fraction of sp³-hybridized carbons (Fsp3) is 0.625. The van der Waals surface area contributed by atoms with E-state index in [0.29, 0.717) is 32.2 Å². The first-order valence-corrected chi connectivity index (χ1v) is 13.1. The van der Waals surface area contributed by atoms with Crippen LogP contribution in [0.15, 0.2) is 18.5 Å². The Hall–Kier alpha value is -2.83. The molecule has 11 nitrogen and oxygen atoms in total. The summed E-state index contributed by atoms with van der Waals surface area (Å²) in [6.45, 7) is 8.16. The number of alkyl carbamates (subject to hydrolysis) is 1. The first-order valence-electron chi connectivity index (χ1n) is 12.4. The molecule has 4 heterocycles. The molecule has 0 bridgehead atoms. The van der Waals surface area contributed by atoms with Crippen molar-refractivity contribution in [1.82, 2.24) is 29.7 Å². The molecule has 1 unspecified atom stereocenters. The van der Waals surface area contributed by atoms with Gasteiger partial charge in [-0.25, -0.2) is 14.5 Å². The van der Waals surface area contributed by atoms with Crippen molar-refractivity contribution in [2.75, 3.05) is 33.0 Å². The number of carbonyl (C=O) groups excluding carboxylic acids is 1. The molecule has 4 rings (SSSR count). The van der Waals surface area contributed by atoms with Gasteiger partial charge in [0.2, 0.25) is 5.88 Å². The van der Waals surface area contributed by atoms with Gasteiger partial charge in [0.05, 0.1) is 40.5 Å². The Morgan fingerprint density at radius 3 is 2.86 bits per heavy atom. The molecule has 0 saturated carbocycles. The van der Waals surface area contributed by atoms with Crippen LogP contribution in [0.25, 0.3) is 21.5 Å². The minimum atomic E-state index is -0.493. The first kappa shape index (κ1) is 26.2. The van der Waals surface area contributed by atoms with Crippen LogP contribution in [0.3, 0.4) is 0 Å². The Morgan fingerprint density at radius 1 is 1.22 bits per heavy atom. The topological polar surface area (TPSA) is 123 Å². The number of ether oxygens (including phenoxy) is 4. The molecule has 1 aliphatic heterocycles. The Bertz CT molecular complexity index is 1110. The second-order valence-electron chi connectivity index (χ2n) is 9.53. The van der Waals surface area contributed by atoms with E-state index in [-0.39, 0.29) is 6.23 Å². The molecule has 1 N–H and O–H groups in total. The zero-order chi connectivity index (χ0) is 25.4. The number of pyridine rings is 1. The third-order valence-corrected chi connectivity index (χ3v) is 6.14. The second-order valence-corrected chi connectivity index (χ2v) is 10.3. The van der Waals surface area contributed by atoms with Gasteiger partial charge in [-0.1, -0.05) is 4.49 Å². The minimum absolute atomic E-state index is 0.0907. The summed E-state index contributed by atoms with van der Waals surface area (Å²) >= 11 is 1.28. The molecule has 0 spiro atoms. The van der Waals surface area contributed by atoms with Crippen LogP contribution in [0.5, 0.6) is 5.88 Å². The molecular weight excluding hydrogens is 484 g/mol. The van der Waals surface area contributed by atoms with E-state index in [9.17, 15) is 4.79 Å². The molecule has 0 aromatic carbocycles. The molecule has 3 aromatic heterocycles. The summed E-state index contributed by atoms with van der Waals surface area (Å²) in [7, 11) is 0. The third kappa shape index (κ3) is 7.34. The van der Waals surface area contributed by atoms with Gasteiger partial charge >= 0.3 is 6.09 Å². The number of carbonyl (C=O) groups is 1. The van der Waals surface area contributed by atoms with Crippen molar-refractivity contribution in [2.24, 2.45) is 0 Å². The van der Waals surface area contributed by atoms with Crippen molar-refractivity contribution in [3.63, 3.8) is 0 Å². The molecule has 1 aliphatic rings. The van der Waals surface area contributed by atoms with Crippen LogP contribution in [0, 0.1) is 0 Å². The third-order valence-electron chi connectivity index (χ3n) is 5.45. The largest absolute Gasteiger partial charge is 0.475 e. The summed E-state index contributed by atoms with van der Waals surface area (Å²) in [4.78, 5) is 17.2.